The third-order valence-electron chi connectivity index (χ3n) is 2.15. The molecule has 0 aliphatic rings. The van der Waals surface area contributed by atoms with Gasteiger partial charge >= 0.3 is 5.97 Å². The Labute approximate surface area is 105 Å². The van der Waals surface area contributed by atoms with E-state index in [1.807, 2.05) is 0 Å². The number of nitrogens with one attached hydrogen (secondary N) is 1. The third-order valence-corrected chi connectivity index (χ3v) is 3.71. The van der Waals surface area contributed by atoms with E-state index in [1.165, 1.54) is 16.9 Å². The summed E-state index contributed by atoms with van der Waals surface area (Å²) in [5, 5.41) is 2.52. The summed E-state index contributed by atoms with van der Waals surface area (Å²) in [6.07, 6.45) is 1.06. The number of carbonyl (C=O) groups excluding carboxylic acids is 1. The molecule has 1 aromatic heterocycles. The van der Waals surface area contributed by atoms with Crippen molar-refractivity contribution in [2.75, 3.05) is 13.7 Å². The van der Waals surface area contributed by atoms with Crippen LogP contribution in [-0.4, -0.2) is 25.0 Å². The van der Waals surface area contributed by atoms with E-state index in [4.69, 9.17) is 11.6 Å². The fourth-order valence-corrected chi connectivity index (χ4v) is 2.37. The average Bonchev–Trinajstić information content (AvgIpc) is 2.75. The smallest absolute Gasteiger partial charge is 0.325 e. The van der Waals surface area contributed by atoms with Crippen molar-refractivity contribution in [1.29, 1.82) is 0 Å². The molecular weight excluding hydrogens is 246 g/mol. The summed E-state index contributed by atoms with van der Waals surface area (Å²) in [6.45, 7) is 3.30. The number of hydrogen-bond donors (Lipinski definition) is 1. The number of esters is 1. The van der Waals surface area contributed by atoms with Gasteiger partial charge in [-0.2, -0.15) is 0 Å². The van der Waals surface area contributed by atoms with Gasteiger partial charge in [-0.05, 0) is 18.6 Å². The van der Waals surface area contributed by atoms with E-state index in [0.29, 0.717) is 6.54 Å². The number of methoxy groups -OCH3 is 1. The van der Waals surface area contributed by atoms with Gasteiger partial charge in [0, 0.05) is 22.8 Å². The summed E-state index contributed by atoms with van der Waals surface area (Å²) in [6, 6.07) is 4.22. The van der Waals surface area contributed by atoms with Gasteiger partial charge in [-0.25, -0.2) is 0 Å². The van der Waals surface area contributed by atoms with E-state index < -0.39 is 11.3 Å². The molecule has 1 N–H and O–H groups in total. The van der Waals surface area contributed by atoms with Crippen molar-refractivity contribution in [3.63, 3.8) is 0 Å². The summed E-state index contributed by atoms with van der Waals surface area (Å²) in [4.78, 5) is 13.6. The maximum atomic E-state index is 11.0. The molecule has 1 aromatic rings. The van der Waals surface area contributed by atoms with E-state index in [-0.39, 0.29) is 0 Å². The summed E-state index contributed by atoms with van der Waals surface area (Å²) in [5.74, 6) is -0.394. The van der Waals surface area contributed by atoms with Crippen LogP contribution in [0.3, 0.4) is 0 Å². The van der Waals surface area contributed by atoms with Gasteiger partial charge in [-0.3, -0.25) is 4.79 Å². The second-order valence-corrected chi connectivity index (χ2v) is 5.12. The molecule has 5 heteroatoms. The summed E-state index contributed by atoms with van der Waals surface area (Å²) in [7, 11) is 1.34. The minimum atomic E-state index is -0.615. The zero-order valence-corrected chi connectivity index (χ0v) is 11.0. The van der Waals surface area contributed by atoms with Crippen LogP contribution in [0.4, 0.5) is 0 Å². The lowest BCUT2D eigenvalue weighted by atomic mass is 10.3. The van der Waals surface area contributed by atoms with Crippen LogP contribution in [0.5, 0.6) is 0 Å². The maximum absolute atomic E-state index is 11.0. The van der Waals surface area contributed by atoms with E-state index in [1.54, 1.807) is 11.3 Å². The molecule has 1 atom stereocenters. The van der Waals surface area contributed by atoms with Crippen molar-refractivity contribution in [3.05, 3.63) is 21.9 Å². The Bertz CT molecular complexity index is 340. The monoisotopic (exact) mass is 261 g/mol. The molecule has 0 spiro atoms. The Morgan fingerprint density at radius 2 is 2.25 bits per heavy atom. The Morgan fingerprint density at radius 3 is 2.81 bits per heavy atom. The fourth-order valence-electron chi connectivity index (χ4n) is 1.24. The maximum Gasteiger partial charge on any atom is 0.325 e. The predicted octanol–water partition coefficient (Wildman–Crippen LogP) is 2.18. The molecule has 0 aliphatic heterocycles. The average molecular weight is 262 g/mol. The second-order valence-electron chi connectivity index (χ2n) is 3.34. The number of hydrogen-bond acceptors (Lipinski definition) is 4. The van der Waals surface area contributed by atoms with Gasteiger partial charge in [-0.15, -0.1) is 22.9 Å². The van der Waals surface area contributed by atoms with Gasteiger partial charge in [0.1, 0.15) is 5.38 Å². The van der Waals surface area contributed by atoms with E-state index in [9.17, 15) is 4.79 Å². The van der Waals surface area contributed by atoms with Crippen molar-refractivity contribution < 1.29 is 9.53 Å². The molecule has 1 unspecified atom stereocenters. The van der Waals surface area contributed by atoms with Gasteiger partial charge in [0.2, 0.25) is 0 Å². The molecule has 0 fully saturated rings. The number of ether oxygens (including phenoxy) is 1. The zero-order valence-electron chi connectivity index (χ0n) is 9.46. The Hall–Kier alpha value is -0.580. The van der Waals surface area contributed by atoms with Gasteiger partial charge in [0.05, 0.1) is 7.11 Å². The third kappa shape index (κ3) is 4.12. The van der Waals surface area contributed by atoms with Crippen LogP contribution >= 0.6 is 22.9 Å². The van der Waals surface area contributed by atoms with E-state index >= 15 is 0 Å². The topological polar surface area (TPSA) is 38.3 Å². The van der Waals surface area contributed by atoms with Crippen LogP contribution in [0.25, 0.3) is 0 Å². The molecule has 0 radical (unpaired) electrons. The van der Waals surface area contributed by atoms with E-state index in [0.717, 1.165) is 13.0 Å². The van der Waals surface area contributed by atoms with Gasteiger partial charge in [0.15, 0.2) is 0 Å². The predicted molar refractivity (Wildman–Crippen MR) is 67.1 cm³/mol. The number of aryl methyl sites for hydroxylation is 1. The fraction of sp³-hybridized carbons (Fsp3) is 0.545. The molecule has 1 heterocycles. The number of alkyl halides is 1. The lowest BCUT2D eigenvalue weighted by molar-refractivity contribution is -0.140. The highest BCUT2D eigenvalue weighted by Gasteiger charge is 2.14. The molecule has 0 saturated carbocycles. The Kier molecular flexibility index (Phi) is 5.80. The van der Waals surface area contributed by atoms with Crippen molar-refractivity contribution in [1.82, 2.24) is 5.32 Å². The molecule has 0 saturated heterocycles. The number of thiophene rings is 1. The molecule has 3 nitrogen and oxygen atoms in total. The molecule has 0 amide bonds. The molecule has 90 valence electrons. The number of halogens is 1. The normalized spacial score (nSPS) is 12.4. The lowest BCUT2D eigenvalue weighted by Crippen LogP contribution is -2.29. The molecule has 0 aliphatic carbocycles. The SMILES string of the molecule is CCc1ccc(CNCC(Cl)C(=O)OC)s1. The van der Waals surface area contributed by atoms with Crippen LogP contribution in [0.15, 0.2) is 12.1 Å². The highest BCUT2D eigenvalue weighted by Crippen LogP contribution is 2.16. The quantitative estimate of drug-likeness (QED) is 0.630. The highest BCUT2D eigenvalue weighted by atomic mass is 35.5. The lowest BCUT2D eigenvalue weighted by Gasteiger charge is -2.07. The van der Waals surface area contributed by atoms with E-state index in [2.05, 4.69) is 29.1 Å². The largest absolute Gasteiger partial charge is 0.468 e. The number of rotatable bonds is 6. The first-order chi connectivity index (χ1) is 7.67. The summed E-state index contributed by atoms with van der Waals surface area (Å²) in [5.41, 5.74) is 0. The first-order valence-corrected chi connectivity index (χ1v) is 6.42. The first-order valence-electron chi connectivity index (χ1n) is 5.17. The number of carbonyl (C=O) groups is 1. The highest BCUT2D eigenvalue weighted by molar-refractivity contribution is 7.11. The van der Waals surface area contributed by atoms with Gasteiger partial charge < -0.3 is 10.1 Å². The zero-order chi connectivity index (χ0) is 12.0. The van der Waals surface area contributed by atoms with Crippen LogP contribution in [-0.2, 0) is 22.5 Å². The molecule has 16 heavy (non-hydrogen) atoms. The van der Waals surface area contributed by atoms with Crippen molar-refractivity contribution >= 4 is 28.9 Å². The van der Waals surface area contributed by atoms with Crippen LogP contribution in [0.2, 0.25) is 0 Å². The minimum absolute atomic E-state index is 0.394. The summed E-state index contributed by atoms with van der Waals surface area (Å²) >= 11 is 7.57. The molecule has 0 aromatic carbocycles. The molecule has 1 rings (SSSR count). The van der Waals surface area contributed by atoms with Crippen LogP contribution in [0, 0.1) is 0 Å². The van der Waals surface area contributed by atoms with Crippen molar-refractivity contribution in [3.8, 4) is 0 Å². The Balaban J connectivity index is 2.27. The molecule has 0 bridgehead atoms. The van der Waals surface area contributed by atoms with Crippen molar-refractivity contribution in [2.45, 2.75) is 25.3 Å². The van der Waals surface area contributed by atoms with Crippen LogP contribution < -0.4 is 5.32 Å². The first kappa shape index (κ1) is 13.5. The van der Waals surface area contributed by atoms with Gasteiger partial charge in [-0.1, -0.05) is 6.92 Å². The van der Waals surface area contributed by atoms with Gasteiger partial charge in [0.25, 0.3) is 0 Å². The second kappa shape index (κ2) is 6.89. The summed E-state index contributed by atoms with van der Waals surface area (Å²) < 4.78 is 4.53. The minimum Gasteiger partial charge on any atom is -0.468 e. The standard InChI is InChI=1S/C11H16ClNO2S/c1-3-8-4-5-9(16-8)6-13-7-10(12)11(14)15-2/h4-5,10,13H,3,6-7H2,1-2H3. The molecular formula is C11H16ClNO2S. The Morgan fingerprint density at radius 1 is 1.56 bits per heavy atom. The van der Waals surface area contributed by atoms with Crippen molar-refractivity contribution in [2.24, 2.45) is 0 Å². The van der Waals surface area contributed by atoms with Crippen LogP contribution in [0.1, 0.15) is 16.7 Å².